The molecule has 0 aromatic heterocycles. The van der Waals surface area contributed by atoms with Gasteiger partial charge in [-0.1, -0.05) is 12.2 Å². The van der Waals surface area contributed by atoms with E-state index >= 15 is 0 Å². The van der Waals surface area contributed by atoms with Crippen molar-refractivity contribution < 1.29 is 19.1 Å². The number of piperidine rings is 1. The van der Waals surface area contributed by atoms with Crippen molar-refractivity contribution in [1.29, 1.82) is 0 Å². The molecule has 0 radical (unpaired) electrons. The molecule has 0 bridgehead atoms. The Morgan fingerprint density at radius 1 is 1.22 bits per heavy atom. The van der Waals surface area contributed by atoms with Crippen molar-refractivity contribution in [3.05, 3.63) is 0 Å². The predicted octanol–water partition coefficient (Wildman–Crippen LogP) is 2.55. The molecule has 1 aliphatic heterocycles. The topological polar surface area (TPSA) is 108 Å². The third-order valence-corrected chi connectivity index (χ3v) is 3.08. The Hall–Kier alpha value is -1.57. The van der Waals surface area contributed by atoms with Gasteiger partial charge in [0.25, 0.3) is 0 Å². The minimum atomic E-state index is -0.713. The van der Waals surface area contributed by atoms with E-state index in [-0.39, 0.29) is 18.2 Å². The van der Waals surface area contributed by atoms with Crippen molar-refractivity contribution in [3.63, 3.8) is 0 Å². The van der Waals surface area contributed by atoms with Gasteiger partial charge in [0.15, 0.2) is 0 Å². The first-order chi connectivity index (χ1) is 10.4. The minimum Gasteiger partial charge on any atom is -0.447 e. The lowest BCUT2D eigenvalue weighted by atomic mass is 10.0. The standard InChI is InChI=1S/C11H20N2O2S.C4H9NO2/c1-11(2,3)15-10(14)13-7-5-4-6-8(13)9(12)16;1-3(2)7-4(5)6/h8H,4-7H2,1-3H3,(H2,12,16);3H,1-2H3,(H2,5,6)/t8-;/m0./s1. The van der Waals surface area contributed by atoms with Gasteiger partial charge in [0.1, 0.15) is 5.60 Å². The van der Waals surface area contributed by atoms with Crippen LogP contribution in [-0.2, 0) is 9.47 Å². The molecular weight excluding hydrogens is 318 g/mol. The largest absolute Gasteiger partial charge is 0.447 e. The van der Waals surface area contributed by atoms with Gasteiger partial charge >= 0.3 is 12.2 Å². The van der Waals surface area contributed by atoms with Gasteiger partial charge in [0.05, 0.1) is 17.1 Å². The van der Waals surface area contributed by atoms with Crippen molar-refractivity contribution in [2.45, 2.75) is 71.6 Å². The molecule has 0 spiro atoms. The number of hydrogen-bond acceptors (Lipinski definition) is 5. The maximum atomic E-state index is 11.9. The number of nitrogens with zero attached hydrogens (tertiary/aromatic N) is 1. The quantitative estimate of drug-likeness (QED) is 0.743. The van der Waals surface area contributed by atoms with Gasteiger partial charge < -0.3 is 20.9 Å². The fourth-order valence-electron chi connectivity index (χ4n) is 2.00. The number of likely N-dealkylation sites (tertiary alicyclic amines) is 1. The number of rotatable bonds is 2. The molecule has 134 valence electrons. The number of thiocarbonyl (C=S) groups is 1. The van der Waals surface area contributed by atoms with Crippen molar-refractivity contribution in [2.75, 3.05) is 6.54 Å². The molecule has 1 aliphatic rings. The first kappa shape index (κ1) is 21.4. The highest BCUT2D eigenvalue weighted by atomic mass is 32.1. The fraction of sp³-hybridized carbons (Fsp3) is 0.800. The van der Waals surface area contributed by atoms with E-state index in [4.69, 9.17) is 22.7 Å². The van der Waals surface area contributed by atoms with Gasteiger partial charge in [-0.2, -0.15) is 0 Å². The Kier molecular flexibility index (Phi) is 8.89. The van der Waals surface area contributed by atoms with Gasteiger partial charge in [-0.15, -0.1) is 0 Å². The molecular formula is C15H29N3O4S. The normalized spacial score (nSPS) is 17.8. The van der Waals surface area contributed by atoms with Crippen molar-refractivity contribution in [1.82, 2.24) is 4.90 Å². The molecule has 1 fully saturated rings. The summed E-state index contributed by atoms with van der Waals surface area (Å²) in [4.78, 5) is 23.8. The number of primary amides is 1. The summed E-state index contributed by atoms with van der Waals surface area (Å²) in [6.45, 7) is 9.71. The zero-order valence-corrected chi connectivity index (χ0v) is 15.4. The number of nitrogens with two attached hydrogens (primary N) is 2. The van der Waals surface area contributed by atoms with Crippen LogP contribution >= 0.6 is 12.2 Å². The van der Waals surface area contributed by atoms with E-state index < -0.39 is 11.7 Å². The highest BCUT2D eigenvalue weighted by Gasteiger charge is 2.31. The molecule has 23 heavy (non-hydrogen) atoms. The van der Waals surface area contributed by atoms with Crippen LogP contribution in [0.25, 0.3) is 0 Å². The van der Waals surface area contributed by atoms with E-state index in [0.29, 0.717) is 11.5 Å². The summed E-state index contributed by atoms with van der Waals surface area (Å²) in [5.41, 5.74) is 9.80. The zero-order chi connectivity index (χ0) is 18.2. The zero-order valence-electron chi connectivity index (χ0n) is 14.6. The predicted molar refractivity (Wildman–Crippen MR) is 93.2 cm³/mol. The molecule has 2 amide bonds. The Morgan fingerprint density at radius 3 is 2.13 bits per heavy atom. The molecule has 1 rings (SSSR count). The van der Waals surface area contributed by atoms with Gasteiger partial charge in [-0.25, -0.2) is 9.59 Å². The van der Waals surface area contributed by atoms with Crippen LogP contribution in [0.4, 0.5) is 9.59 Å². The molecule has 4 N–H and O–H groups in total. The first-order valence-corrected chi connectivity index (χ1v) is 8.10. The van der Waals surface area contributed by atoms with E-state index in [9.17, 15) is 9.59 Å². The van der Waals surface area contributed by atoms with E-state index in [1.807, 2.05) is 20.8 Å². The highest BCUT2D eigenvalue weighted by molar-refractivity contribution is 7.80. The van der Waals surface area contributed by atoms with Crippen molar-refractivity contribution in [2.24, 2.45) is 11.5 Å². The second kappa shape index (κ2) is 9.54. The lowest BCUT2D eigenvalue weighted by Gasteiger charge is -2.36. The van der Waals surface area contributed by atoms with E-state index in [1.165, 1.54) is 0 Å². The summed E-state index contributed by atoms with van der Waals surface area (Å²) in [5.74, 6) is 0. The van der Waals surface area contributed by atoms with Crippen LogP contribution in [0, 0.1) is 0 Å². The summed E-state index contributed by atoms with van der Waals surface area (Å²) in [6.07, 6.45) is 1.76. The fourth-order valence-corrected chi connectivity index (χ4v) is 2.24. The Morgan fingerprint density at radius 2 is 1.78 bits per heavy atom. The van der Waals surface area contributed by atoms with Gasteiger partial charge in [-0.3, -0.25) is 4.90 Å². The minimum absolute atomic E-state index is 0.0995. The van der Waals surface area contributed by atoms with E-state index in [0.717, 1.165) is 19.3 Å². The summed E-state index contributed by atoms with van der Waals surface area (Å²) < 4.78 is 9.72. The molecule has 0 aliphatic carbocycles. The van der Waals surface area contributed by atoms with Gasteiger partial charge in [-0.05, 0) is 53.9 Å². The average Bonchev–Trinajstić information content (AvgIpc) is 2.35. The Labute approximate surface area is 143 Å². The lowest BCUT2D eigenvalue weighted by molar-refractivity contribution is 0.0168. The Bertz CT molecular complexity index is 421. The summed E-state index contributed by atoms with van der Waals surface area (Å²) in [7, 11) is 0. The molecule has 7 nitrogen and oxygen atoms in total. The number of carbonyl (C=O) groups is 2. The maximum Gasteiger partial charge on any atom is 0.410 e. The highest BCUT2D eigenvalue weighted by Crippen LogP contribution is 2.20. The van der Waals surface area contributed by atoms with E-state index in [1.54, 1.807) is 18.7 Å². The van der Waals surface area contributed by atoms with E-state index in [2.05, 4.69) is 10.5 Å². The summed E-state index contributed by atoms with van der Waals surface area (Å²) in [5, 5.41) is 0. The second-order valence-electron chi connectivity index (χ2n) is 6.57. The van der Waals surface area contributed by atoms with Crippen LogP contribution < -0.4 is 11.5 Å². The molecule has 0 aromatic carbocycles. The average molecular weight is 347 g/mol. The first-order valence-electron chi connectivity index (χ1n) is 7.69. The van der Waals surface area contributed by atoms with Crippen LogP contribution in [0.1, 0.15) is 53.9 Å². The van der Waals surface area contributed by atoms with Crippen LogP contribution in [0.2, 0.25) is 0 Å². The van der Waals surface area contributed by atoms with Gasteiger partial charge in [0, 0.05) is 6.54 Å². The summed E-state index contributed by atoms with van der Waals surface area (Å²) in [6, 6.07) is -0.140. The number of ether oxygens (including phenoxy) is 2. The SMILES string of the molecule is CC(C)(C)OC(=O)N1CCCC[C@H]1C(N)=S.CC(C)OC(N)=O. The third kappa shape index (κ3) is 9.93. The molecule has 0 saturated carbocycles. The Balaban J connectivity index is 0.000000585. The van der Waals surface area contributed by atoms with Crippen LogP contribution in [0.3, 0.4) is 0 Å². The van der Waals surface area contributed by atoms with Crippen molar-refractivity contribution >= 4 is 29.4 Å². The molecule has 8 heteroatoms. The number of hydrogen-bond donors (Lipinski definition) is 2. The molecule has 0 unspecified atom stereocenters. The summed E-state index contributed by atoms with van der Waals surface area (Å²) >= 11 is 4.98. The van der Waals surface area contributed by atoms with Gasteiger partial charge in [0.2, 0.25) is 0 Å². The number of carbonyl (C=O) groups excluding carboxylic acids is 2. The molecule has 1 saturated heterocycles. The second-order valence-corrected chi connectivity index (χ2v) is 7.04. The smallest absolute Gasteiger partial charge is 0.410 e. The van der Waals surface area contributed by atoms with Crippen LogP contribution in [0.15, 0.2) is 0 Å². The van der Waals surface area contributed by atoms with Crippen LogP contribution in [-0.4, -0.2) is 46.4 Å². The lowest BCUT2D eigenvalue weighted by Crippen LogP contribution is -2.51. The number of amides is 2. The molecule has 1 heterocycles. The molecule has 0 aromatic rings. The van der Waals surface area contributed by atoms with Crippen LogP contribution in [0.5, 0.6) is 0 Å². The third-order valence-electron chi connectivity index (χ3n) is 2.81. The molecule has 1 atom stereocenters. The van der Waals surface area contributed by atoms with Crippen molar-refractivity contribution in [3.8, 4) is 0 Å². The maximum absolute atomic E-state index is 11.9. The monoisotopic (exact) mass is 347 g/mol.